The number of benzene rings is 1. The monoisotopic (exact) mass is 365 g/mol. The molecule has 142 valence electrons. The molecule has 0 aliphatic carbocycles. The second-order valence-electron chi connectivity index (χ2n) is 6.67. The van der Waals surface area contributed by atoms with Gasteiger partial charge < -0.3 is 9.30 Å². The molecule has 1 aromatic carbocycles. The van der Waals surface area contributed by atoms with E-state index in [1.807, 2.05) is 30.7 Å². The van der Waals surface area contributed by atoms with Crippen LogP contribution in [0.3, 0.4) is 0 Å². The number of aryl methyl sites for hydroxylation is 1. The van der Waals surface area contributed by atoms with Crippen LogP contribution in [0.15, 0.2) is 59.8 Å². The summed E-state index contributed by atoms with van der Waals surface area (Å²) in [4.78, 5) is 11.9. The smallest absolute Gasteiger partial charge is 0.250 e. The van der Waals surface area contributed by atoms with Gasteiger partial charge in [-0.15, -0.1) is 0 Å². The molecule has 0 unspecified atom stereocenters. The Balaban J connectivity index is 1.79. The molecule has 2 heterocycles. The Morgan fingerprint density at radius 3 is 2.37 bits per heavy atom. The number of aromatic nitrogens is 3. The maximum absolute atomic E-state index is 11.9. The highest BCUT2D eigenvalue weighted by molar-refractivity contribution is 5.63. The fraction of sp³-hybridized carbons (Fsp3) is 0.364. The second-order valence-corrected chi connectivity index (χ2v) is 6.67. The molecule has 0 atom stereocenters. The maximum Gasteiger partial charge on any atom is 0.250 e. The van der Waals surface area contributed by atoms with E-state index in [1.165, 1.54) is 0 Å². The average Bonchev–Trinajstić information content (AvgIpc) is 3.18. The molecule has 0 aliphatic heterocycles. The zero-order chi connectivity index (χ0) is 19.2. The lowest BCUT2D eigenvalue weighted by molar-refractivity contribution is 0.193. The van der Waals surface area contributed by atoms with Crippen LogP contribution in [0.4, 0.5) is 0 Å². The van der Waals surface area contributed by atoms with Gasteiger partial charge in [0.25, 0.3) is 5.56 Å². The molecule has 2 aromatic heterocycles. The van der Waals surface area contributed by atoms with Crippen molar-refractivity contribution >= 4 is 0 Å². The summed E-state index contributed by atoms with van der Waals surface area (Å²) in [6, 6.07) is 11.5. The minimum Gasteiger partial charge on any atom is -0.490 e. The summed E-state index contributed by atoms with van der Waals surface area (Å²) in [7, 11) is 0. The van der Waals surface area contributed by atoms with Crippen molar-refractivity contribution in [1.82, 2.24) is 14.3 Å². The SMILES string of the molecule is CCCn1cc(-n2cc(-c3ccc(OC(CC)CC)cc3)cn2)ccc1=O. The first-order chi connectivity index (χ1) is 13.1. The molecule has 5 nitrogen and oxygen atoms in total. The number of ether oxygens (including phenoxy) is 1. The van der Waals surface area contributed by atoms with Gasteiger partial charge in [0.1, 0.15) is 5.75 Å². The van der Waals surface area contributed by atoms with Crippen molar-refractivity contribution < 1.29 is 4.74 Å². The number of pyridine rings is 1. The van der Waals surface area contributed by atoms with Crippen LogP contribution < -0.4 is 10.3 Å². The van der Waals surface area contributed by atoms with E-state index < -0.39 is 0 Å². The lowest BCUT2D eigenvalue weighted by atomic mass is 10.1. The number of nitrogens with zero attached hydrogens (tertiary/aromatic N) is 3. The molecule has 0 saturated heterocycles. The van der Waals surface area contributed by atoms with Crippen molar-refractivity contribution in [2.45, 2.75) is 52.7 Å². The van der Waals surface area contributed by atoms with Crippen LogP contribution in [0.1, 0.15) is 40.0 Å². The summed E-state index contributed by atoms with van der Waals surface area (Å²) < 4.78 is 9.50. The molecule has 27 heavy (non-hydrogen) atoms. The number of hydrogen-bond donors (Lipinski definition) is 0. The quantitative estimate of drug-likeness (QED) is 0.582. The minimum absolute atomic E-state index is 0.0148. The third-order valence-corrected chi connectivity index (χ3v) is 4.68. The first kappa shape index (κ1) is 19.0. The Morgan fingerprint density at radius 1 is 0.963 bits per heavy atom. The molecule has 5 heteroatoms. The van der Waals surface area contributed by atoms with Crippen molar-refractivity contribution in [3.05, 3.63) is 65.3 Å². The van der Waals surface area contributed by atoms with E-state index in [4.69, 9.17) is 4.74 Å². The van der Waals surface area contributed by atoms with Gasteiger partial charge in [0.15, 0.2) is 0 Å². The van der Waals surface area contributed by atoms with Crippen molar-refractivity contribution in [2.75, 3.05) is 0 Å². The summed E-state index contributed by atoms with van der Waals surface area (Å²) in [6.07, 6.45) is 8.86. The molecule has 3 rings (SSSR count). The van der Waals surface area contributed by atoms with Gasteiger partial charge in [0, 0.05) is 30.6 Å². The maximum atomic E-state index is 11.9. The highest BCUT2D eigenvalue weighted by atomic mass is 16.5. The Morgan fingerprint density at radius 2 is 1.70 bits per heavy atom. The topological polar surface area (TPSA) is 49.0 Å². The molecular formula is C22H27N3O2. The summed E-state index contributed by atoms with van der Waals surface area (Å²) >= 11 is 0. The average molecular weight is 365 g/mol. The zero-order valence-corrected chi connectivity index (χ0v) is 16.3. The number of hydrogen-bond acceptors (Lipinski definition) is 3. The van der Waals surface area contributed by atoms with Gasteiger partial charge >= 0.3 is 0 Å². The van der Waals surface area contributed by atoms with E-state index in [-0.39, 0.29) is 11.7 Å². The van der Waals surface area contributed by atoms with E-state index in [0.29, 0.717) is 6.54 Å². The van der Waals surface area contributed by atoms with Gasteiger partial charge in [-0.25, -0.2) is 4.68 Å². The molecule has 0 aliphatic rings. The molecule has 0 bridgehead atoms. The van der Waals surface area contributed by atoms with Gasteiger partial charge in [-0.1, -0.05) is 32.9 Å². The zero-order valence-electron chi connectivity index (χ0n) is 16.3. The third kappa shape index (κ3) is 4.48. The Labute approximate surface area is 160 Å². The molecule has 0 spiro atoms. The lowest BCUT2D eigenvalue weighted by Crippen LogP contribution is -2.19. The van der Waals surface area contributed by atoms with Crippen LogP contribution >= 0.6 is 0 Å². The molecule has 0 fully saturated rings. The summed E-state index contributed by atoms with van der Waals surface area (Å²) in [5, 5.41) is 4.46. The predicted octanol–water partition coefficient (Wildman–Crippen LogP) is 4.68. The first-order valence-electron chi connectivity index (χ1n) is 9.67. The van der Waals surface area contributed by atoms with E-state index in [9.17, 15) is 4.79 Å². The first-order valence-corrected chi connectivity index (χ1v) is 9.67. The van der Waals surface area contributed by atoms with E-state index in [2.05, 4.69) is 38.0 Å². The Hall–Kier alpha value is -2.82. The van der Waals surface area contributed by atoms with Gasteiger partial charge in [-0.3, -0.25) is 4.79 Å². The van der Waals surface area contributed by atoms with E-state index in [0.717, 1.165) is 41.8 Å². The summed E-state index contributed by atoms with van der Waals surface area (Å²) in [5.41, 5.74) is 3.00. The van der Waals surface area contributed by atoms with Crippen LogP contribution in [0.25, 0.3) is 16.8 Å². The van der Waals surface area contributed by atoms with Crippen LogP contribution in [-0.2, 0) is 6.54 Å². The lowest BCUT2D eigenvalue weighted by Gasteiger charge is -2.15. The molecule has 3 aromatic rings. The van der Waals surface area contributed by atoms with Crippen LogP contribution in [0, 0.1) is 0 Å². The summed E-state index contributed by atoms with van der Waals surface area (Å²) in [6.45, 7) is 7.04. The fourth-order valence-corrected chi connectivity index (χ4v) is 3.06. The molecule has 0 N–H and O–H groups in total. The van der Waals surface area contributed by atoms with Crippen molar-refractivity contribution in [3.8, 4) is 22.6 Å². The molecule has 0 amide bonds. The molecular weight excluding hydrogens is 338 g/mol. The van der Waals surface area contributed by atoms with E-state index >= 15 is 0 Å². The molecule has 0 radical (unpaired) electrons. The highest BCUT2D eigenvalue weighted by Gasteiger charge is 2.08. The summed E-state index contributed by atoms with van der Waals surface area (Å²) in [5.74, 6) is 0.895. The van der Waals surface area contributed by atoms with E-state index in [1.54, 1.807) is 21.4 Å². The van der Waals surface area contributed by atoms with Gasteiger partial charge in [0.2, 0.25) is 0 Å². The Kier molecular flexibility index (Phi) is 6.12. The van der Waals surface area contributed by atoms with Gasteiger partial charge in [-0.05, 0) is 43.0 Å². The van der Waals surface area contributed by atoms with Crippen molar-refractivity contribution in [3.63, 3.8) is 0 Å². The van der Waals surface area contributed by atoms with Crippen molar-refractivity contribution in [1.29, 1.82) is 0 Å². The standard InChI is InChI=1S/C22H27N3O2/c1-4-13-24-16-19(9-12-22(24)26)25-15-18(14-23-25)17-7-10-21(11-8-17)27-20(5-2)6-3/h7-12,14-16,20H,4-6,13H2,1-3H3. The largest absolute Gasteiger partial charge is 0.490 e. The fourth-order valence-electron chi connectivity index (χ4n) is 3.06. The second kappa shape index (κ2) is 8.71. The highest BCUT2D eigenvalue weighted by Crippen LogP contribution is 2.24. The number of rotatable bonds is 8. The molecule has 0 saturated carbocycles. The predicted molar refractivity (Wildman–Crippen MR) is 109 cm³/mol. The van der Waals surface area contributed by atoms with Crippen LogP contribution in [-0.4, -0.2) is 20.5 Å². The van der Waals surface area contributed by atoms with Crippen molar-refractivity contribution in [2.24, 2.45) is 0 Å². The Bertz CT molecular complexity index is 921. The van der Waals surface area contributed by atoms with Crippen LogP contribution in [0.5, 0.6) is 5.75 Å². The normalized spacial score (nSPS) is 11.1. The van der Waals surface area contributed by atoms with Gasteiger partial charge in [0.05, 0.1) is 18.0 Å². The van der Waals surface area contributed by atoms with Gasteiger partial charge in [-0.2, -0.15) is 5.10 Å². The minimum atomic E-state index is 0.0148. The van der Waals surface area contributed by atoms with Crippen LogP contribution in [0.2, 0.25) is 0 Å². The third-order valence-electron chi connectivity index (χ3n) is 4.68.